The van der Waals surface area contributed by atoms with Gasteiger partial charge in [0.2, 0.25) is 5.78 Å². The van der Waals surface area contributed by atoms with Crippen molar-refractivity contribution in [2.24, 2.45) is 0 Å². The summed E-state index contributed by atoms with van der Waals surface area (Å²) in [6, 6.07) is 11.3. The van der Waals surface area contributed by atoms with Crippen molar-refractivity contribution >= 4 is 44.9 Å². The molecule has 4 nitrogen and oxygen atoms in total. The molecule has 0 aliphatic carbocycles. The Bertz CT molecular complexity index is 781. The van der Waals surface area contributed by atoms with Crippen LogP contribution in [0.1, 0.15) is 9.67 Å². The van der Waals surface area contributed by atoms with Gasteiger partial charge in [-0.2, -0.15) is 0 Å². The maximum absolute atomic E-state index is 11.8. The number of aldehydes is 1. The third-order valence-electron chi connectivity index (χ3n) is 2.88. The zero-order chi connectivity index (χ0) is 13.9. The molecule has 0 unspecified atom stereocenters. The quantitative estimate of drug-likeness (QED) is 0.452. The summed E-state index contributed by atoms with van der Waals surface area (Å²) in [7, 11) is 0. The molecule has 0 aliphatic heterocycles. The minimum absolute atomic E-state index is 0.350. The monoisotopic (exact) mass is 282 g/mol. The number of carbonyl (C=O) groups is 2. The second-order valence-electron chi connectivity index (χ2n) is 4.15. The number of ketones is 1. The number of pyridine rings is 1. The molecular formula is C15H10N2O2S. The van der Waals surface area contributed by atoms with Crippen LogP contribution in [0.4, 0.5) is 11.4 Å². The molecule has 1 aromatic carbocycles. The average molecular weight is 282 g/mol. The number of carbonyl (C=O) groups excluding carboxylic acids is 2. The van der Waals surface area contributed by atoms with Crippen LogP contribution in [-0.2, 0) is 4.79 Å². The van der Waals surface area contributed by atoms with Crippen LogP contribution in [-0.4, -0.2) is 17.1 Å². The normalized spacial score (nSPS) is 10.4. The molecule has 3 rings (SSSR count). The number of rotatable bonds is 4. The highest BCUT2D eigenvalue weighted by molar-refractivity contribution is 7.22. The van der Waals surface area contributed by atoms with Crippen molar-refractivity contribution in [3.63, 3.8) is 0 Å². The summed E-state index contributed by atoms with van der Waals surface area (Å²) in [6.07, 6.45) is 3.68. The van der Waals surface area contributed by atoms with Gasteiger partial charge in [-0.1, -0.05) is 18.2 Å². The van der Waals surface area contributed by atoms with E-state index in [9.17, 15) is 9.59 Å². The van der Waals surface area contributed by atoms with Gasteiger partial charge in [0, 0.05) is 28.2 Å². The molecular weight excluding hydrogens is 272 g/mol. The van der Waals surface area contributed by atoms with Crippen LogP contribution in [0, 0.1) is 0 Å². The van der Waals surface area contributed by atoms with Crippen LogP contribution in [0.5, 0.6) is 0 Å². The van der Waals surface area contributed by atoms with E-state index in [0.29, 0.717) is 16.9 Å². The van der Waals surface area contributed by atoms with E-state index in [-0.39, 0.29) is 0 Å². The summed E-state index contributed by atoms with van der Waals surface area (Å²) in [5, 5.41) is 4.13. The molecule has 0 bridgehead atoms. The Morgan fingerprint density at radius 2 is 1.90 bits per heavy atom. The Morgan fingerprint density at radius 1 is 1.15 bits per heavy atom. The number of anilines is 2. The van der Waals surface area contributed by atoms with E-state index in [1.165, 1.54) is 11.3 Å². The van der Waals surface area contributed by atoms with Gasteiger partial charge in [0.15, 0.2) is 6.29 Å². The van der Waals surface area contributed by atoms with E-state index in [4.69, 9.17) is 0 Å². The summed E-state index contributed by atoms with van der Waals surface area (Å²) in [4.78, 5) is 27.0. The fraction of sp³-hybridized carbons (Fsp3) is 0. The molecule has 1 N–H and O–H groups in total. The van der Waals surface area contributed by atoms with Crippen LogP contribution in [0.2, 0.25) is 0 Å². The maximum Gasteiger partial charge on any atom is 0.237 e. The van der Waals surface area contributed by atoms with E-state index < -0.39 is 5.78 Å². The average Bonchev–Trinajstić information content (AvgIpc) is 2.86. The molecule has 0 spiro atoms. The summed E-state index contributed by atoms with van der Waals surface area (Å²) in [6.45, 7) is 0. The first-order chi connectivity index (χ1) is 9.79. The molecule has 0 fully saturated rings. The van der Waals surface area contributed by atoms with Crippen LogP contribution in [0.15, 0.2) is 48.8 Å². The number of hydrogen-bond acceptors (Lipinski definition) is 5. The highest BCUT2D eigenvalue weighted by Crippen LogP contribution is 2.37. The van der Waals surface area contributed by atoms with Crippen molar-refractivity contribution in [1.29, 1.82) is 0 Å². The third kappa shape index (κ3) is 2.19. The van der Waals surface area contributed by atoms with Gasteiger partial charge in [-0.25, -0.2) is 0 Å². The van der Waals surface area contributed by atoms with Gasteiger partial charge in [-0.05, 0) is 18.2 Å². The zero-order valence-corrected chi connectivity index (χ0v) is 11.2. The molecule has 3 aromatic rings. The van der Waals surface area contributed by atoms with Crippen LogP contribution in [0.25, 0.3) is 10.1 Å². The lowest BCUT2D eigenvalue weighted by molar-refractivity contribution is -0.104. The highest BCUT2D eigenvalue weighted by atomic mass is 32.1. The number of nitrogens with one attached hydrogen (secondary N) is 1. The minimum atomic E-state index is -0.511. The summed E-state index contributed by atoms with van der Waals surface area (Å²) in [5.74, 6) is -0.511. The lowest BCUT2D eigenvalue weighted by Gasteiger charge is -2.06. The largest absolute Gasteiger partial charge is 0.354 e. The Kier molecular flexibility index (Phi) is 3.26. The van der Waals surface area contributed by atoms with Gasteiger partial charge in [0.1, 0.15) is 4.88 Å². The predicted octanol–water partition coefficient (Wildman–Crippen LogP) is 3.42. The second kappa shape index (κ2) is 5.22. The van der Waals surface area contributed by atoms with Gasteiger partial charge < -0.3 is 5.32 Å². The molecule has 5 heteroatoms. The molecule has 20 heavy (non-hydrogen) atoms. The molecule has 0 saturated carbocycles. The van der Waals surface area contributed by atoms with Gasteiger partial charge in [-0.15, -0.1) is 11.3 Å². The van der Waals surface area contributed by atoms with Crippen molar-refractivity contribution in [2.45, 2.75) is 0 Å². The number of Topliss-reactive ketones (excluding diaryl/α,β-unsaturated/α-hetero) is 1. The second-order valence-corrected chi connectivity index (χ2v) is 5.20. The lowest BCUT2D eigenvalue weighted by Crippen LogP contribution is -2.01. The first-order valence-corrected chi connectivity index (χ1v) is 6.79. The SMILES string of the molecule is O=CC(=O)c1sc2ccccc2c1Nc1ccncc1. The number of hydrogen-bond donors (Lipinski definition) is 1. The van der Waals surface area contributed by atoms with Crippen LogP contribution < -0.4 is 5.32 Å². The standard InChI is InChI=1S/C15H10N2O2S/c18-9-12(19)15-14(17-10-5-7-16-8-6-10)11-3-1-2-4-13(11)20-15/h1-9H,(H,16,17). The van der Waals surface area contributed by atoms with Crippen molar-refractivity contribution < 1.29 is 9.59 Å². The Balaban J connectivity index is 2.16. The smallest absolute Gasteiger partial charge is 0.237 e. The van der Waals surface area contributed by atoms with Crippen LogP contribution in [0.3, 0.4) is 0 Å². The number of thiophene rings is 1. The molecule has 98 valence electrons. The Morgan fingerprint density at radius 3 is 2.65 bits per heavy atom. The summed E-state index contributed by atoms with van der Waals surface area (Å²) < 4.78 is 0.967. The fourth-order valence-corrected chi connectivity index (χ4v) is 3.03. The van der Waals surface area contributed by atoms with E-state index >= 15 is 0 Å². The van der Waals surface area contributed by atoms with Crippen LogP contribution >= 0.6 is 11.3 Å². The third-order valence-corrected chi connectivity index (χ3v) is 4.06. The molecule has 0 amide bonds. The Labute approximate surface area is 119 Å². The van der Waals surface area contributed by atoms with E-state index in [2.05, 4.69) is 10.3 Å². The number of benzene rings is 1. The first kappa shape index (κ1) is 12.5. The van der Waals surface area contributed by atoms with Gasteiger partial charge >= 0.3 is 0 Å². The highest BCUT2D eigenvalue weighted by Gasteiger charge is 2.17. The lowest BCUT2D eigenvalue weighted by atomic mass is 10.2. The van der Waals surface area contributed by atoms with Crippen molar-refractivity contribution in [3.05, 3.63) is 53.7 Å². The van der Waals surface area contributed by atoms with Crippen molar-refractivity contribution in [1.82, 2.24) is 4.98 Å². The molecule has 0 aliphatic rings. The van der Waals surface area contributed by atoms with Gasteiger partial charge in [0.05, 0.1) is 5.69 Å². The molecule has 0 radical (unpaired) electrons. The fourth-order valence-electron chi connectivity index (χ4n) is 1.98. The zero-order valence-electron chi connectivity index (χ0n) is 10.4. The van der Waals surface area contributed by atoms with Crippen molar-refractivity contribution in [3.8, 4) is 0 Å². The van der Waals surface area contributed by atoms with E-state index in [1.54, 1.807) is 12.4 Å². The summed E-state index contributed by atoms with van der Waals surface area (Å²) in [5.41, 5.74) is 1.50. The predicted molar refractivity (Wildman–Crippen MR) is 79.7 cm³/mol. The van der Waals surface area contributed by atoms with Gasteiger partial charge in [-0.3, -0.25) is 14.6 Å². The maximum atomic E-state index is 11.8. The number of fused-ring (bicyclic) bond motifs is 1. The molecule has 2 aromatic heterocycles. The van der Waals surface area contributed by atoms with E-state index in [1.807, 2.05) is 36.4 Å². The number of nitrogens with zero attached hydrogens (tertiary/aromatic N) is 1. The minimum Gasteiger partial charge on any atom is -0.354 e. The molecule has 0 saturated heterocycles. The number of aromatic nitrogens is 1. The summed E-state index contributed by atoms with van der Waals surface area (Å²) >= 11 is 1.32. The first-order valence-electron chi connectivity index (χ1n) is 5.97. The van der Waals surface area contributed by atoms with E-state index in [0.717, 1.165) is 15.8 Å². The van der Waals surface area contributed by atoms with Gasteiger partial charge in [0.25, 0.3) is 0 Å². The Hall–Kier alpha value is -2.53. The molecule has 0 atom stereocenters. The topological polar surface area (TPSA) is 59.1 Å². The van der Waals surface area contributed by atoms with Crippen molar-refractivity contribution in [2.75, 3.05) is 5.32 Å². The molecule has 2 heterocycles.